The number of fused-ring (bicyclic) bond motifs is 1. The van der Waals surface area contributed by atoms with Crippen molar-refractivity contribution in [3.8, 4) is 0 Å². The van der Waals surface area contributed by atoms with Crippen LogP contribution >= 0.6 is 0 Å². The third-order valence-corrected chi connectivity index (χ3v) is 7.97. The second kappa shape index (κ2) is 12.6. The Kier molecular flexibility index (Phi) is 8.75. The van der Waals surface area contributed by atoms with E-state index in [1.54, 1.807) is 12.1 Å². The van der Waals surface area contributed by atoms with Gasteiger partial charge in [-0.05, 0) is 86.9 Å². The number of benzene rings is 1. The lowest BCUT2D eigenvalue weighted by Gasteiger charge is -2.28. The summed E-state index contributed by atoms with van der Waals surface area (Å²) in [4.78, 5) is 34.0. The molecule has 0 spiro atoms. The molecule has 9 heteroatoms. The Bertz CT molecular complexity index is 1100. The first kappa shape index (κ1) is 26.4. The molecule has 0 bridgehead atoms. The van der Waals surface area contributed by atoms with Crippen molar-refractivity contribution in [2.24, 2.45) is 5.92 Å². The molecule has 0 radical (unpaired) electrons. The first-order valence-electron chi connectivity index (χ1n) is 14.0. The normalized spacial score (nSPS) is 20.4. The molecule has 3 N–H and O–H groups in total. The van der Waals surface area contributed by atoms with E-state index in [9.17, 15) is 14.7 Å². The van der Waals surface area contributed by atoms with E-state index >= 15 is 0 Å². The SMILES string of the molecule is O=C(N[C@H](CCN1CC[C@H](CCc2ccc3c(n2)NCCC3)C1)C(=O)O)c1ccc(N2CCOCC2)cc1. The summed E-state index contributed by atoms with van der Waals surface area (Å²) in [5.41, 5.74) is 3.98. The number of hydrogen-bond donors (Lipinski definition) is 3. The minimum absolute atomic E-state index is 0.350. The van der Waals surface area contributed by atoms with Crippen molar-refractivity contribution in [3.05, 3.63) is 53.2 Å². The summed E-state index contributed by atoms with van der Waals surface area (Å²) < 4.78 is 5.39. The number of hydrogen-bond acceptors (Lipinski definition) is 7. The van der Waals surface area contributed by atoms with Crippen LogP contribution in [-0.4, -0.2) is 85.4 Å². The molecule has 5 rings (SSSR count). The molecule has 204 valence electrons. The van der Waals surface area contributed by atoms with Gasteiger partial charge in [0.15, 0.2) is 0 Å². The van der Waals surface area contributed by atoms with Gasteiger partial charge in [-0.1, -0.05) is 6.07 Å². The number of rotatable bonds is 10. The van der Waals surface area contributed by atoms with Gasteiger partial charge in [0.1, 0.15) is 11.9 Å². The number of amides is 1. The minimum Gasteiger partial charge on any atom is -0.480 e. The van der Waals surface area contributed by atoms with E-state index in [1.165, 1.54) is 12.0 Å². The lowest BCUT2D eigenvalue weighted by molar-refractivity contribution is -0.139. The Hall–Kier alpha value is -3.17. The maximum atomic E-state index is 12.8. The molecular formula is C29H39N5O4. The molecule has 38 heavy (non-hydrogen) atoms. The first-order valence-corrected chi connectivity index (χ1v) is 14.0. The highest BCUT2D eigenvalue weighted by Gasteiger charge is 2.26. The van der Waals surface area contributed by atoms with E-state index in [2.05, 4.69) is 32.6 Å². The van der Waals surface area contributed by atoms with E-state index in [0.717, 1.165) is 75.6 Å². The monoisotopic (exact) mass is 521 g/mol. The van der Waals surface area contributed by atoms with Gasteiger partial charge in [-0.25, -0.2) is 9.78 Å². The van der Waals surface area contributed by atoms with Crippen LogP contribution in [-0.2, 0) is 22.4 Å². The van der Waals surface area contributed by atoms with Gasteiger partial charge in [0.2, 0.25) is 0 Å². The van der Waals surface area contributed by atoms with E-state index in [4.69, 9.17) is 9.72 Å². The third-order valence-electron chi connectivity index (χ3n) is 7.97. The van der Waals surface area contributed by atoms with Crippen molar-refractivity contribution in [1.82, 2.24) is 15.2 Å². The number of likely N-dealkylation sites (tertiary alicyclic amines) is 1. The number of carboxylic acid groups (broad SMARTS) is 1. The molecule has 9 nitrogen and oxygen atoms in total. The summed E-state index contributed by atoms with van der Waals surface area (Å²) in [7, 11) is 0. The van der Waals surface area contributed by atoms with Crippen LogP contribution in [0, 0.1) is 5.92 Å². The second-order valence-corrected chi connectivity index (χ2v) is 10.6. The average Bonchev–Trinajstić information content (AvgIpc) is 3.42. The van der Waals surface area contributed by atoms with Gasteiger partial charge in [-0.15, -0.1) is 0 Å². The number of pyridine rings is 1. The number of carboxylic acids is 1. The Morgan fingerprint density at radius 2 is 1.95 bits per heavy atom. The molecule has 2 atom stereocenters. The number of aromatic nitrogens is 1. The highest BCUT2D eigenvalue weighted by atomic mass is 16.5. The van der Waals surface area contributed by atoms with Gasteiger partial charge in [-0.3, -0.25) is 4.79 Å². The lowest BCUT2D eigenvalue weighted by Crippen LogP contribution is -2.43. The van der Waals surface area contributed by atoms with Gasteiger partial charge in [0.05, 0.1) is 13.2 Å². The summed E-state index contributed by atoms with van der Waals surface area (Å²) in [5, 5.41) is 15.9. The molecule has 0 saturated carbocycles. The molecule has 3 aliphatic rings. The van der Waals surface area contributed by atoms with Gasteiger partial charge >= 0.3 is 5.97 Å². The number of ether oxygens (including phenoxy) is 1. The Morgan fingerprint density at radius 1 is 1.13 bits per heavy atom. The van der Waals surface area contributed by atoms with Crippen molar-refractivity contribution >= 4 is 23.4 Å². The maximum Gasteiger partial charge on any atom is 0.326 e. The van der Waals surface area contributed by atoms with Crippen molar-refractivity contribution < 1.29 is 19.4 Å². The zero-order valence-corrected chi connectivity index (χ0v) is 22.0. The number of anilines is 2. The van der Waals surface area contributed by atoms with E-state index < -0.39 is 12.0 Å². The molecule has 1 amide bonds. The summed E-state index contributed by atoms with van der Waals surface area (Å²) in [5.74, 6) is 0.295. The highest BCUT2D eigenvalue weighted by molar-refractivity contribution is 5.96. The van der Waals surface area contributed by atoms with Crippen LogP contribution in [0.2, 0.25) is 0 Å². The molecule has 1 aromatic carbocycles. The molecule has 0 aliphatic carbocycles. The average molecular weight is 522 g/mol. The van der Waals surface area contributed by atoms with Crippen molar-refractivity contribution in [1.29, 1.82) is 0 Å². The maximum absolute atomic E-state index is 12.8. The van der Waals surface area contributed by atoms with Gasteiger partial charge in [0.25, 0.3) is 5.91 Å². The van der Waals surface area contributed by atoms with Crippen LogP contribution in [0.15, 0.2) is 36.4 Å². The van der Waals surface area contributed by atoms with E-state index in [0.29, 0.717) is 37.7 Å². The topological polar surface area (TPSA) is 107 Å². The fourth-order valence-electron chi connectivity index (χ4n) is 5.67. The van der Waals surface area contributed by atoms with Gasteiger partial charge in [-0.2, -0.15) is 0 Å². The van der Waals surface area contributed by atoms with Gasteiger partial charge in [0, 0.05) is 49.7 Å². The van der Waals surface area contributed by atoms with Crippen LogP contribution in [0.1, 0.15) is 47.3 Å². The summed E-state index contributed by atoms with van der Waals surface area (Å²) in [6.45, 7) is 6.64. The van der Waals surface area contributed by atoms with Crippen molar-refractivity contribution in [3.63, 3.8) is 0 Å². The molecule has 0 unspecified atom stereocenters. The van der Waals surface area contributed by atoms with Crippen LogP contribution in [0.3, 0.4) is 0 Å². The number of nitrogens with zero attached hydrogens (tertiary/aromatic N) is 3. The molecule has 2 saturated heterocycles. The molecule has 1 aromatic heterocycles. The number of carbonyl (C=O) groups is 2. The van der Waals surface area contributed by atoms with Crippen LogP contribution in [0.4, 0.5) is 11.5 Å². The molecule has 2 fully saturated rings. The summed E-state index contributed by atoms with van der Waals surface area (Å²) >= 11 is 0. The van der Waals surface area contributed by atoms with Crippen LogP contribution in [0.5, 0.6) is 0 Å². The predicted molar refractivity (Wildman–Crippen MR) is 147 cm³/mol. The number of aliphatic carboxylic acids is 1. The van der Waals surface area contributed by atoms with Crippen LogP contribution < -0.4 is 15.5 Å². The fraction of sp³-hybridized carbons (Fsp3) is 0.552. The Balaban J connectivity index is 1.06. The lowest BCUT2D eigenvalue weighted by atomic mass is 10.00. The Morgan fingerprint density at radius 3 is 2.74 bits per heavy atom. The standard InChI is InChI=1S/C29H39N5O4/c35-28(23-5-9-25(10-6-23)34-16-18-38-19-17-34)32-26(29(36)37)12-15-33-14-11-21(20-33)3-7-24-8-4-22-2-1-13-30-27(22)31-24/h4-6,8-10,21,26H,1-3,7,11-20H2,(H,30,31)(H,32,35)(H,36,37)/t21-,26+/m0/s1. The van der Waals surface area contributed by atoms with E-state index in [1.807, 2.05) is 12.1 Å². The Labute approximate surface area is 224 Å². The zero-order valence-electron chi connectivity index (χ0n) is 22.0. The van der Waals surface area contributed by atoms with Crippen molar-refractivity contribution in [2.75, 3.05) is 62.7 Å². The predicted octanol–water partition coefficient (Wildman–Crippen LogP) is 2.80. The fourth-order valence-corrected chi connectivity index (χ4v) is 5.67. The van der Waals surface area contributed by atoms with Gasteiger partial charge < -0.3 is 30.3 Å². The van der Waals surface area contributed by atoms with E-state index in [-0.39, 0.29) is 5.91 Å². The highest BCUT2D eigenvalue weighted by Crippen LogP contribution is 2.24. The molecular weight excluding hydrogens is 482 g/mol. The summed E-state index contributed by atoms with van der Waals surface area (Å²) in [6, 6.07) is 10.8. The second-order valence-electron chi connectivity index (χ2n) is 10.6. The number of carbonyl (C=O) groups excluding carboxylic acids is 1. The molecule has 4 heterocycles. The zero-order chi connectivity index (χ0) is 26.3. The number of aryl methyl sites for hydroxylation is 2. The van der Waals surface area contributed by atoms with Crippen LogP contribution in [0.25, 0.3) is 0 Å². The smallest absolute Gasteiger partial charge is 0.326 e. The molecule has 2 aromatic rings. The number of morpholine rings is 1. The number of nitrogens with one attached hydrogen (secondary N) is 2. The largest absolute Gasteiger partial charge is 0.480 e. The summed E-state index contributed by atoms with van der Waals surface area (Å²) in [6.07, 6.45) is 5.82. The van der Waals surface area contributed by atoms with Crippen molar-refractivity contribution in [2.45, 2.75) is 44.6 Å². The quantitative estimate of drug-likeness (QED) is 0.438. The third kappa shape index (κ3) is 6.82. The first-order chi connectivity index (χ1) is 18.5. The minimum atomic E-state index is -0.994. The molecule has 3 aliphatic heterocycles.